The maximum atomic E-state index is 11.6. The van der Waals surface area contributed by atoms with E-state index in [4.69, 9.17) is 0 Å². The Hall–Kier alpha value is -0.570. The van der Waals surface area contributed by atoms with E-state index in [1.807, 2.05) is 0 Å². The molecule has 3 fully saturated rings. The van der Waals surface area contributed by atoms with Crippen LogP contribution in [0, 0.1) is 17.8 Å². The SMILES string of the molecule is C[C@H]1[C@H]2CNC[C@]21NC(=O)C1CC1. The predicted molar refractivity (Wildman–Crippen MR) is 49.1 cm³/mol. The van der Waals surface area contributed by atoms with Gasteiger partial charge in [-0.05, 0) is 18.8 Å². The number of carbonyl (C=O) groups excluding carboxylic acids is 1. The largest absolute Gasteiger partial charge is 0.349 e. The van der Waals surface area contributed by atoms with E-state index in [0.717, 1.165) is 25.9 Å². The zero-order chi connectivity index (χ0) is 9.05. The van der Waals surface area contributed by atoms with E-state index >= 15 is 0 Å². The Kier molecular flexibility index (Phi) is 1.36. The molecule has 2 aliphatic carbocycles. The van der Waals surface area contributed by atoms with Crippen molar-refractivity contribution in [2.75, 3.05) is 13.1 Å². The Bertz CT molecular complexity index is 262. The highest BCUT2D eigenvalue weighted by Gasteiger charge is 2.65. The second-order valence-corrected chi connectivity index (χ2v) is 4.83. The maximum Gasteiger partial charge on any atom is 0.223 e. The first-order chi connectivity index (χ1) is 6.24. The van der Waals surface area contributed by atoms with Crippen molar-refractivity contribution in [3.63, 3.8) is 0 Å². The van der Waals surface area contributed by atoms with Gasteiger partial charge in [0, 0.05) is 24.9 Å². The summed E-state index contributed by atoms with van der Waals surface area (Å²) in [5, 5.41) is 6.58. The minimum absolute atomic E-state index is 0.152. The first-order valence-electron chi connectivity index (χ1n) is 5.27. The molecule has 1 amide bonds. The molecule has 13 heavy (non-hydrogen) atoms. The molecule has 0 aromatic rings. The summed E-state index contributed by atoms with van der Waals surface area (Å²) in [5.41, 5.74) is 0.152. The molecule has 72 valence electrons. The lowest BCUT2D eigenvalue weighted by atomic mass is 10.2. The molecule has 2 saturated carbocycles. The van der Waals surface area contributed by atoms with Gasteiger partial charge in [0.25, 0.3) is 0 Å². The number of hydrogen-bond acceptors (Lipinski definition) is 2. The van der Waals surface area contributed by atoms with Gasteiger partial charge in [-0.3, -0.25) is 4.79 Å². The number of rotatable bonds is 2. The third-order valence-electron chi connectivity index (χ3n) is 4.05. The van der Waals surface area contributed by atoms with E-state index in [-0.39, 0.29) is 5.54 Å². The van der Waals surface area contributed by atoms with Crippen molar-refractivity contribution in [3.8, 4) is 0 Å². The average Bonchev–Trinajstić information content (AvgIpc) is 2.97. The lowest BCUT2D eigenvalue weighted by Crippen LogP contribution is -2.43. The standard InChI is InChI=1S/C10H16N2O/c1-6-8-4-11-5-10(6,8)12-9(13)7-2-3-7/h6-8,11H,2-5H2,1H3,(H,12,13)/t6-,8+,10+/m0/s1. The number of fused-ring (bicyclic) bond motifs is 1. The number of piperidine rings is 1. The number of amides is 1. The molecule has 1 saturated heterocycles. The van der Waals surface area contributed by atoms with Crippen molar-refractivity contribution in [2.45, 2.75) is 25.3 Å². The molecule has 3 rings (SSSR count). The van der Waals surface area contributed by atoms with E-state index in [0.29, 0.717) is 23.7 Å². The summed E-state index contributed by atoms with van der Waals surface area (Å²) in [6.07, 6.45) is 2.21. The lowest BCUT2D eigenvalue weighted by molar-refractivity contribution is -0.123. The van der Waals surface area contributed by atoms with Gasteiger partial charge in [-0.15, -0.1) is 0 Å². The third kappa shape index (κ3) is 0.966. The fourth-order valence-corrected chi connectivity index (χ4v) is 2.74. The molecule has 0 radical (unpaired) electrons. The van der Waals surface area contributed by atoms with Crippen molar-refractivity contribution in [2.24, 2.45) is 17.8 Å². The molecule has 3 atom stereocenters. The van der Waals surface area contributed by atoms with Gasteiger partial charge >= 0.3 is 0 Å². The van der Waals surface area contributed by atoms with Gasteiger partial charge in [-0.25, -0.2) is 0 Å². The number of hydrogen-bond donors (Lipinski definition) is 2. The van der Waals surface area contributed by atoms with Crippen LogP contribution in [0.15, 0.2) is 0 Å². The minimum Gasteiger partial charge on any atom is -0.349 e. The normalized spacial score (nSPS) is 47.2. The highest BCUT2D eigenvalue weighted by Crippen LogP contribution is 2.52. The molecule has 3 nitrogen and oxygen atoms in total. The number of nitrogens with one attached hydrogen (secondary N) is 2. The zero-order valence-electron chi connectivity index (χ0n) is 7.97. The van der Waals surface area contributed by atoms with Crippen LogP contribution in [0.4, 0.5) is 0 Å². The van der Waals surface area contributed by atoms with E-state index in [2.05, 4.69) is 17.6 Å². The van der Waals surface area contributed by atoms with Crippen molar-refractivity contribution in [1.29, 1.82) is 0 Å². The Morgan fingerprint density at radius 2 is 2.31 bits per heavy atom. The minimum atomic E-state index is 0.152. The Morgan fingerprint density at radius 3 is 2.85 bits per heavy atom. The van der Waals surface area contributed by atoms with E-state index in [9.17, 15) is 4.79 Å². The quantitative estimate of drug-likeness (QED) is 0.634. The van der Waals surface area contributed by atoms with Crippen molar-refractivity contribution < 1.29 is 4.79 Å². The second kappa shape index (κ2) is 2.27. The van der Waals surface area contributed by atoms with Crippen LogP contribution in [-0.2, 0) is 4.79 Å². The third-order valence-corrected chi connectivity index (χ3v) is 4.05. The predicted octanol–water partition coefficient (Wildman–Crippen LogP) is 0.120. The Balaban J connectivity index is 1.68. The molecule has 0 aromatic carbocycles. The van der Waals surface area contributed by atoms with Gasteiger partial charge < -0.3 is 10.6 Å². The molecule has 3 aliphatic rings. The van der Waals surface area contributed by atoms with E-state index < -0.39 is 0 Å². The van der Waals surface area contributed by atoms with Crippen LogP contribution in [0.25, 0.3) is 0 Å². The molecule has 0 unspecified atom stereocenters. The van der Waals surface area contributed by atoms with Crippen molar-refractivity contribution in [3.05, 3.63) is 0 Å². The Morgan fingerprint density at radius 1 is 1.54 bits per heavy atom. The highest BCUT2D eigenvalue weighted by atomic mass is 16.2. The average molecular weight is 180 g/mol. The number of carbonyl (C=O) groups is 1. The fourth-order valence-electron chi connectivity index (χ4n) is 2.74. The monoisotopic (exact) mass is 180 g/mol. The lowest BCUT2D eigenvalue weighted by Gasteiger charge is -2.15. The maximum absolute atomic E-state index is 11.6. The van der Waals surface area contributed by atoms with Gasteiger partial charge in [-0.1, -0.05) is 6.92 Å². The summed E-state index contributed by atoms with van der Waals surface area (Å²) in [6.45, 7) is 4.32. The fraction of sp³-hybridized carbons (Fsp3) is 0.900. The van der Waals surface area contributed by atoms with Crippen LogP contribution in [0.3, 0.4) is 0 Å². The molecule has 0 aromatic heterocycles. The summed E-state index contributed by atoms with van der Waals surface area (Å²) in [5.74, 6) is 2.05. The first kappa shape index (κ1) is 7.80. The van der Waals surface area contributed by atoms with Crippen molar-refractivity contribution >= 4 is 5.91 Å². The molecule has 3 heteroatoms. The Labute approximate surface area is 78.3 Å². The summed E-state index contributed by atoms with van der Waals surface area (Å²) in [7, 11) is 0. The summed E-state index contributed by atoms with van der Waals surface area (Å²) in [4.78, 5) is 11.6. The summed E-state index contributed by atoms with van der Waals surface area (Å²) in [6, 6.07) is 0. The zero-order valence-corrected chi connectivity index (χ0v) is 7.97. The topological polar surface area (TPSA) is 41.1 Å². The molecular weight excluding hydrogens is 164 g/mol. The molecule has 2 N–H and O–H groups in total. The van der Waals surface area contributed by atoms with Crippen molar-refractivity contribution in [1.82, 2.24) is 10.6 Å². The molecular formula is C10H16N2O. The van der Waals surface area contributed by atoms with Crippen LogP contribution in [-0.4, -0.2) is 24.5 Å². The van der Waals surface area contributed by atoms with Crippen LogP contribution < -0.4 is 10.6 Å². The van der Waals surface area contributed by atoms with Crippen LogP contribution in [0.1, 0.15) is 19.8 Å². The molecule has 1 heterocycles. The summed E-state index contributed by atoms with van der Waals surface area (Å²) >= 11 is 0. The molecule has 1 aliphatic heterocycles. The first-order valence-corrected chi connectivity index (χ1v) is 5.27. The van der Waals surface area contributed by atoms with Gasteiger partial charge in [0.1, 0.15) is 0 Å². The van der Waals surface area contributed by atoms with E-state index in [1.54, 1.807) is 0 Å². The van der Waals surface area contributed by atoms with Crippen LogP contribution >= 0.6 is 0 Å². The summed E-state index contributed by atoms with van der Waals surface area (Å²) < 4.78 is 0. The van der Waals surface area contributed by atoms with Crippen LogP contribution in [0.5, 0.6) is 0 Å². The van der Waals surface area contributed by atoms with Gasteiger partial charge in [-0.2, -0.15) is 0 Å². The van der Waals surface area contributed by atoms with E-state index in [1.165, 1.54) is 0 Å². The smallest absolute Gasteiger partial charge is 0.223 e. The van der Waals surface area contributed by atoms with Crippen LogP contribution in [0.2, 0.25) is 0 Å². The highest BCUT2D eigenvalue weighted by molar-refractivity contribution is 5.82. The van der Waals surface area contributed by atoms with Gasteiger partial charge in [0.2, 0.25) is 5.91 Å². The molecule has 0 spiro atoms. The molecule has 0 bridgehead atoms. The van der Waals surface area contributed by atoms with Gasteiger partial charge in [0.05, 0.1) is 5.54 Å². The second-order valence-electron chi connectivity index (χ2n) is 4.83. The van der Waals surface area contributed by atoms with Gasteiger partial charge in [0.15, 0.2) is 0 Å².